The smallest absolute Gasteiger partial charge is 0.162 e. The Balaban J connectivity index is 0.000000484. The van der Waals surface area contributed by atoms with E-state index in [-0.39, 0.29) is 24.1 Å². The van der Waals surface area contributed by atoms with Gasteiger partial charge in [-0.1, -0.05) is 0 Å². The molecule has 4 aromatic rings. The van der Waals surface area contributed by atoms with Crippen molar-refractivity contribution in [2.24, 2.45) is 0 Å². The molecule has 0 amide bonds. The second kappa shape index (κ2) is 16.0. The van der Waals surface area contributed by atoms with Crippen LogP contribution < -0.4 is 0 Å². The molecule has 224 valence electrons. The number of hydrogen-bond donors (Lipinski definition) is 0. The summed E-state index contributed by atoms with van der Waals surface area (Å²) in [7, 11) is 0. The minimum Gasteiger partial charge on any atom is -0.348 e. The molecule has 1 aliphatic heterocycles. The summed E-state index contributed by atoms with van der Waals surface area (Å²) in [6.07, 6.45) is 5.67. The van der Waals surface area contributed by atoms with E-state index >= 15 is 0 Å². The summed E-state index contributed by atoms with van der Waals surface area (Å²) >= 11 is -0.424. The molecule has 0 radical (unpaired) electrons. The Morgan fingerprint density at radius 1 is 0.705 bits per heavy atom. The molecular formula is C39H40O4Ti. The van der Waals surface area contributed by atoms with Crippen molar-refractivity contribution in [3.05, 3.63) is 178 Å². The van der Waals surface area contributed by atoms with Crippen LogP contribution in [0.5, 0.6) is 0 Å². The first kappa shape index (κ1) is 31.9. The van der Waals surface area contributed by atoms with Gasteiger partial charge in [0.15, 0.2) is 5.79 Å². The van der Waals surface area contributed by atoms with Gasteiger partial charge in [0.05, 0.1) is 13.2 Å². The molecule has 4 aromatic carbocycles. The van der Waals surface area contributed by atoms with Gasteiger partial charge in [-0.15, -0.1) is 0 Å². The van der Waals surface area contributed by atoms with Gasteiger partial charge in [-0.05, 0) is 13.8 Å². The van der Waals surface area contributed by atoms with E-state index in [1.165, 1.54) is 3.88 Å². The predicted molar refractivity (Wildman–Crippen MR) is 173 cm³/mol. The van der Waals surface area contributed by atoms with E-state index in [1.807, 2.05) is 44.2 Å². The van der Waals surface area contributed by atoms with Crippen LogP contribution in [0.2, 0.25) is 4.73 Å². The van der Waals surface area contributed by atoms with Gasteiger partial charge in [-0.2, -0.15) is 0 Å². The fourth-order valence-electron chi connectivity index (χ4n) is 5.16. The van der Waals surface area contributed by atoms with Crippen LogP contribution >= 0.6 is 0 Å². The van der Waals surface area contributed by atoms with Gasteiger partial charge < -0.3 is 9.47 Å². The molecule has 0 aromatic heterocycles. The second-order valence-corrected chi connectivity index (χ2v) is 13.1. The van der Waals surface area contributed by atoms with E-state index < -0.39 is 19.2 Å². The molecule has 1 fully saturated rings. The van der Waals surface area contributed by atoms with Crippen molar-refractivity contribution in [3.63, 3.8) is 0 Å². The summed E-state index contributed by atoms with van der Waals surface area (Å²) < 4.78 is 26.4. The summed E-state index contributed by atoms with van der Waals surface area (Å²) in [4.78, 5) is 0. The Kier molecular flexibility index (Phi) is 11.6. The number of allylic oxidation sites excluding steroid dienone is 3. The van der Waals surface area contributed by atoms with Crippen LogP contribution in [-0.4, -0.2) is 25.1 Å². The van der Waals surface area contributed by atoms with Gasteiger partial charge in [0.2, 0.25) is 0 Å². The van der Waals surface area contributed by atoms with Gasteiger partial charge in [-0.25, -0.2) is 0 Å². The summed E-state index contributed by atoms with van der Waals surface area (Å²) in [6.45, 7) is 9.28. The fraction of sp³-hybridized carbons (Fsp3) is 0.231. The Bertz CT molecular complexity index is 1410. The summed E-state index contributed by atoms with van der Waals surface area (Å²) in [5, 5.41) is 0. The van der Waals surface area contributed by atoms with E-state index in [1.54, 1.807) is 0 Å². The van der Waals surface area contributed by atoms with Crippen molar-refractivity contribution in [1.82, 2.24) is 0 Å². The minimum atomic E-state index is -0.424. The molecule has 6 rings (SSSR count). The standard InChI is InChI=1S/C31H25O2.C5H10O2.C3H5.Ti/c1-5-14-24(15-6-1)30(25-16-7-2-8-17-25)32-28-22-13-23-29(28)33-31(26-18-9-3-10-19-26)27-20-11-4-12-21-27;1-5(2)6-3-4-7-5;1-3-2;/h1-22,29-31H;3-4H2,1-2H3;3H,1-2H2;/t29-;;;/m0.../s1. The van der Waals surface area contributed by atoms with Crippen LogP contribution in [0.15, 0.2) is 156 Å². The Morgan fingerprint density at radius 3 is 1.52 bits per heavy atom. The molecule has 0 saturated carbocycles. The van der Waals surface area contributed by atoms with Gasteiger partial charge in [0, 0.05) is 0 Å². The monoisotopic (exact) mass is 620 g/mol. The van der Waals surface area contributed by atoms with Crippen molar-refractivity contribution < 1.29 is 38.1 Å². The minimum absolute atomic E-state index is 0.205. The Hall–Kier alpha value is -3.51. The maximum atomic E-state index is 7.01. The molecule has 0 bridgehead atoms. The topological polar surface area (TPSA) is 36.9 Å². The van der Waals surface area contributed by atoms with Gasteiger partial charge in [-0.3, -0.25) is 0 Å². The average Bonchev–Trinajstić information content (AvgIpc) is 3.67. The van der Waals surface area contributed by atoms with Gasteiger partial charge in [0.1, 0.15) is 0 Å². The van der Waals surface area contributed by atoms with Crippen molar-refractivity contribution >= 4 is 0 Å². The first-order chi connectivity index (χ1) is 21.5. The normalized spacial score (nSPS) is 17.0. The summed E-state index contributed by atoms with van der Waals surface area (Å²) in [6, 6.07) is 41.7. The van der Waals surface area contributed by atoms with Crippen LogP contribution in [0.25, 0.3) is 0 Å². The number of hydrogen-bond acceptors (Lipinski definition) is 4. The molecule has 0 unspecified atom stereocenters. The maximum Gasteiger partial charge on any atom is 0.162 e. The zero-order valence-electron chi connectivity index (χ0n) is 25.5. The van der Waals surface area contributed by atoms with E-state index in [0.29, 0.717) is 0 Å². The number of benzene rings is 4. The molecule has 4 nitrogen and oxygen atoms in total. The largest absolute Gasteiger partial charge is 0.348 e. The van der Waals surface area contributed by atoms with Crippen LogP contribution in [0, 0.1) is 0 Å². The second-order valence-electron chi connectivity index (χ2n) is 11.0. The Morgan fingerprint density at radius 2 is 1.14 bits per heavy atom. The van der Waals surface area contributed by atoms with E-state index in [0.717, 1.165) is 46.0 Å². The van der Waals surface area contributed by atoms with Crippen LogP contribution in [0.4, 0.5) is 0 Å². The Labute approximate surface area is 271 Å². The zero-order chi connectivity index (χ0) is 30.6. The average molecular weight is 621 g/mol. The molecule has 0 N–H and O–H groups in total. The third-order valence-electron chi connectivity index (χ3n) is 7.34. The van der Waals surface area contributed by atoms with Crippen LogP contribution in [0.3, 0.4) is 0 Å². The zero-order valence-corrected chi connectivity index (χ0v) is 27.0. The number of ether oxygens (including phenoxy) is 4. The van der Waals surface area contributed by atoms with Gasteiger partial charge >= 0.3 is 230 Å². The molecule has 1 saturated heterocycles. The van der Waals surface area contributed by atoms with Crippen molar-refractivity contribution in [3.8, 4) is 0 Å². The van der Waals surface area contributed by atoms with E-state index in [9.17, 15) is 0 Å². The molecule has 44 heavy (non-hydrogen) atoms. The van der Waals surface area contributed by atoms with Crippen molar-refractivity contribution in [2.45, 2.75) is 42.7 Å². The molecular weight excluding hydrogens is 580 g/mol. The number of rotatable bonds is 11. The predicted octanol–water partition coefficient (Wildman–Crippen LogP) is 9.20. The van der Waals surface area contributed by atoms with Crippen LogP contribution in [0.1, 0.15) is 48.3 Å². The van der Waals surface area contributed by atoms with E-state index in [2.05, 4.69) is 116 Å². The third kappa shape index (κ3) is 8.78. The van der Waals surface area contributed by atoms with E-state index in [4.69, 9.17) is 18.9 Å². The molecule has 2 aliphatic rings. The maximum absolute atomic E-state index is 7.01. The molecule has 5 heteroatoms. The quantitative estimate of drug-likeness (QED) is 0.124. The van der Waals surface area contributed by atoms with Crippen LogP contribution in [-0.2, 0) is 38.1 Å². The third-order valence-corrected chi connectivity index (χ3v) is 9.41. The first-order valence-corrected chi connectivity index (χ1v) is 17.0. The van der Waals surface area contributed by atoms with Crippen molar-refractivity contribution in [2.75, 3.05) is 13.2 Å². The molecule has 1 aliphatic carbocycles. The SMILES string of the molecule is C=C[CH2][Ti][C]1=CC=C(OC(c2ccccc2)c2ccccc2)[C@H]1OC(c1ccccc1)c1ccccc1.CC1(C)OCCO1. The summed E-state index contributed by atoms with van der Waals surface area (Å²) in [5.74, 6) is 0.553. The molecule has 0 spiro atoms. The molecule has 1 atom stereocenters. The first-order valence-electron chi connectivity index (χ1n) is 15.1. The summed E-state index contributed by atoms with van der Waals surface area (Å²) in [5.41, 5.74) is 4.49. The van der Waals surface area contributed by atoms with Gasteiger partial charge in [0.25, 0.3) is 0 Å². The van der Waals surface area contributed by atoms with Crippen molar-refractivity contribution in [1.29, 1.82) is 0 Å². The molecule has 1 heterocycles. The fourth-order valence-corrected chi connectivity index (χ4v) is 6.69.